The van der Waals surface area contributed by atoms with E-state index in [0.29, 0.717) is 0 Å². The van der Waals surface area contributed by atoms with E-state index in [1.54, 1.807) is 0 Å². The van der Waals surface area contributed by atoms with E-state index in [2.05, 4.69) is 126 Å². The molecule has 5 aromatic rings. The number of rotatable bonds is 10. The van der Waals surface area contributed by atoms with Gasteiger partial charge in [-0.25, -0.2) is 0 Å². The fraction of sp³-hybridized carbons (Fsp3) is 0.242. The van der Waals surface area contributed by atoms with Crippen LogP contribution < -0.4 is 10.9 Å². The van der Waals surface area contributed by atoms with Crippen LogP contribution in [0.25, 0.3) is 21.7 Å². The minimum Gasteiger partial charge on any atom is -0.321 e. The first kappa shape index (κ1) is 27.6. The van der Waals surface area contributed by atoms with Gasteiger partial charge in [0.1, 0.15) is 7.85 Å². The predicted molar refractivity (Wildman–Crippen MR) is 176 cm³/mol. The number of hydrogen-bond donors (Lipinski definition) is 2. The molecule has 2 N–H and O–H groups in total. The van der Waals surface area contributed by atoms with Crippen molar-refractivity contribution < 1.29 is 0 Å². The lowest BCUT2D eigenvalue weighted by molar-refractivity contribution is 0.318. The number of aromatic amines is 1. The van der Waals surface area contributed by atoms with Crippen molar-refractivity contribution in [2.45, 2.75) is 29.3 Å². The molecule has 5 rings (SSSR count). The summed E-state index contributed by atoms with van der Waals surface area (Å²) in [4.78, 5) is 18.1. The molecule has 39 heavy (non-hydrogen) atoms. The number of aromatic nitrogens is 1. The smallest absolute Gasteiger partial charge is 0.256 e. The van der Waals surface area contributed by atoms with Crippen LogP contribution in [0.1, 0.15) is 41.6 Å². The van der Waals surface area contributed by atoms with Gasteiger partial charge in [-0.2, -0.15) is 0 Å². The minimum atomic E-state index is -0.0443. The van der Waals surface area contributed by atoms with Crippen LogP contribution in [0, 0.1) is 0 Å². The van der Waals surface area contributed by atoms with Crippen molar-refractivity contribution in [3.05, 3.63) is 130 Å². The molecule has 4 aromatic carbocycles. The van der Waals surface area contributed by atoms with Crippen LogP contribution in [0.15, 0.2) is 102 Å². The number of H-pyrrole nitrogens is 1. The van der Waals surface area contributed by atoms with Crippen molar-refractivity contribution in [1.29, 1.82) is 0 Å². The van der Waals surface area contributed by atoms with E-state index < -0.39 is 0 Å². The number of alkyl halides is 1. The third kappa shape index (κ3) is 6.63. The first-order valence-corrected chi connectivity index (χ1v) is 14.7. The number of hydrogen-bond acceptors (Lipinski definition) is 3. The minimum absolute atomic E-state index is 0.0392. The molecule has 0 spiro atoms. The van der Waals surface area contributed by atoms with Gasteiger partial charge >= 0.3 is 0 Å². The van der Waals surface area contributed by atoms with E-state index in [9.17, 15) is 4.79 Å². The zero-order valence-electron chi connectivity index (χ0n) is 22.9. The first-order valence-electron chi connectivity index (χ1n) is 13.6. The average molecular weight is 627 g/mol. The highest BCUT2D eigenvalue weighted by Crippen LogP contribution is 2.32. The van der Waals surface area contributed by atoms with Gasteiger partial charge < -0.3 is 15.2 Å². The Kier molecular flexibility index (Phi) is 8.55. The number of benzene rings is 4. The second-order valence-corrected chi connectivity index (χ2v) is 13.6. The van der Waals surface area contributed by atoms with Crippen molar-refractivity contribution in [3.63, 3.8) is 0 Å². The van der Waals surface area contributed by atoms with Crippen LogP contribution in [-0.2, 0) is 9.87 Å². The summed E-state index contributed by atoms with van der Waals surface area (Å²) in [5, 5.41) is 6.66. The molecule has 0 radical (unpaired) electrons. The van der Waals surface area contributed by atoms with E-state index in [1.807, 2.05) is 30.3 Å². The fourth-order valence-electron chi connectivity index (χ4n) is 5.26. The third-order valence-electron chi connectivity index (χ3n) is 7.35. The Hall–Kier alpha value is -2.94. The number of pyridine rings is 1. The Morgan fingerprint density at radius 1 is 0.897 bits per heavy atom. The van der Waals surface area contributed by atoms with Gasteiger partial charge in [-0.1, -0.05) is 108 Å². The summed E-state index contributed by atoms with van der Waals surface area (Å²) in [5.41, 5.74) is 5.92. The molecule has 1 aromatic heterocycles. The largest absolute Gasteiger partial charge is 0.321 e. The Bertz CT molecular complexity index is 1630. The molecular formula is C33H35BIN3O. The van der Waals surface area contributed by atoms with Gasteiger partial charge in [-0.05, 0) is 72.4 Å². The summed E-state index contributed by atoms with van der Waals surface area (Å²) in [6, 6.07) is 33.9. The van der Waals surface area contributed by atoms with Gasteiger partial charge in [0, 0.05) is 26.2 Å². The topological polar surface area (TPSA) is 48.1 Å². The maximum absolute atomic E-state index is 12.6. The molecule has 0 bridgehead atoms. The van der Waals surface area contributed by atoms with E-state index in [4.69, 9.17) is 0 Å². The van der Waals surface area contributed by atoms with Crippen molar-refractivity contribution in [3.8, 4) is 0 Å². The zero-order valence-corrected chi connectivity index (χ0v) is 25.0. The normalized spacial score (nSPS) is 14.1. The SMILES string of the molecule is BC(C)(I)c1cccc(C(NCCCN(C)Cc2ccccc2)c2ccc3[nH]c(=O)c4ccccc4c3c2)c1. The standard InChI is InChI=1S/C33H35BIN3O/c1-33(34,35)26-13-8-12-24(20-26)31(36-18-9-19-38(2)22-23-10-4-3-5-11-23)25-16-17-30-29(21-25)27-14-6-7-15-28(27)32(39)37-30/h3-8,10-17,20-21,31,36H,9,18-19,22,34H2,1-2H3,(H,37,39). The van der Waals surface area contributed by atoms with Gasteiger partial charge in [0.25, 0.3) is 5.56 Å². The molecule has 2 atom stereocenters. The summed E-state index contributed by atoms with van der Waals surface area (Å²) in [6.07, 6.45) is 1.04. The maximum atomic E-state index is 12.6. The second kappa shape index (κ2) is 12.1. The van der Waals surface area contributed by atoms with Crippen molar-refractivity contribution >= 4 is 52.1 Å². The molecule has 0 aliphatic carbocycles. The fourth-order valence-corrected chi connectivity index (χ4v) is 5.60. The van der Waals surface area contributed by atoms with Crippen LogP contribution in [0.5, 0.6) is 0 Å². The lowest BCUT2D eigenvalue weighted by Gasteiger charge is -2.24. The number of nitrogens with one attached hydrogen (secondary N) is 2. The lowest BCUT2D eigenvalue weighted by Crippen LogP contribution is -2.27. The molecule has 0 amide bonds. The Morgan fingerprint density at radius 3 is 2.38 bits per heavy atom. The molecule has 0 saturated carbocycles. The average Bonchev–Trinajstić information content (AvgIpc) is 2.93. The van der Waals surface area contributed by atoms with Crippen LogP contribution in [0.4, 0.5) is 0 Å². The van der Waals surface area contributed by atoms with Gasteiger partial charge in [0.15, 0.2) is 0 Å². The predicted octanol–water partition coefficient (Wildman–Crippen LogP) is 6.12. The van der Waals surface area contributed by atoms with E-state index in [1.165, 1.54) is 22.3 Å². The summed E-state index contributed by atoms with van der Waals surface area (Å²) in [5.74, 6) is 0. The molecular weight excluding hydrogens is 592 g/mol. The van der Waals surface area contributed by atoms with E-state index in [-0.39, 0.29) is 14.9 Å². The van der Waals surface area contributed by atoms with Crippen LogP contribution in [-0.4, -0.2) is 37.9 Å². The van der Waals surface area contributed by atoms with Crippen molar-refractivity contribution in [2.24, 2.45) is 0 Å². The highest BCUT2D eigenvalue weighted by molar-refractivity contribution is 14.1. The first-order chi connectivity index (χ1) is 18.8. The second-order valence-electron chi connectivity index (χ2n) is 10.9. The molecule has 198 valence electrons. The van der Waals surface area contributed by atoms with E-state index >= 15 is 0 Å². The Morgan fingerprint density at radius 2 is 1.62 bits per heavy atom. The molecule has 0 aliphatic rings. The van der Waals surface area contributed by atoms with Crippen molar-refractivity contribution in [1.82, 2.24) is 15.2 Å². The Balaban J connectivity index is 1.43. The number of nitrogens with zero attached hydrogens (tertiary/aromatic N) is 1. The third-order valence-corrected chi connectivity index (χ3v) is 7.98. The summed E-state index contributed by atoms with van der Waals surface area (Å²) < 4.78 is 0.0392. The molecule has 1 heterocycles. The van der Waals surface area contributed by atoms with Gasteiger partial charge in [0.05, 0.1) is 6.04 Å². The van der Waals surface area contributed by atoms with Gasteiger partial charge in [0.2, 0.25) is 0 Å². The molecule has 0 aliphatic heterocycles. The van der Waals surface area contributed by atoms with E-state index in [0.717, 1.165) is 47.7 Å². The van der Waals surface area contributed by atoms with Gasteiger partial charge in [-0.15, -0.1) is 0 Å². The van der Waals surface area contributed by atoms with Crippen LogP contribution in [0.2, 0.25) is 0 Å². The molecule has 0 fully saturated rings. The molecule has 4 nitrogen and oxygen atoms in total. The maximum Gasteiger partial charge on any atom is 0.256 e. The Labute approximate surface area is 245 Å². The highest BCUT2D eigenvalue weighted by Gasteiger charge is 2.20. The molecule has 0 saturated heterocycles. The number of halogens is 1. The highest BCUT2D eigenvalue weighted by atomic mass is 127. The van der Waals surface area contributed by atoms with Gasteiger partial charge in [-0.3, -0.25) is 4.79 Å². The number of fused-ring (bicyclic) bond motifs is 3. The van der Waals surface area contributed by atoms with Crippen LogP contribution in [0.3, 0.4) is 0 Å². The molecule has 2 unspecified atom stereocenters. The summed E-state index contributed by atoms with van der Waals surface area (Å²) >= 11 is 2.51. The van der Waals surface area contributed by atoms with Crippen LogP contribution >= 0.6 is 22.6 Å². The zero-order chi connectivity index (χ0) is 27.4. The lowest BCUT2D eigenvalue weighted by atomic mass is 9.81. The quantitative estimate of drug-likeness (QED) is 0.0645. The summed E-state index contributed by atoms with van der Waals surface area (Å²) in [7, 11) is 4.43. The van der Waals surface area contributed by atoms with Crippen molar-refractivity contribution in [2.75, 3.05) is 20.1 Å². The molecule has 6 heteroatoms. The summed E-state index contributed by atoms with van der Waals surface area (Å²) in [6.45, 7) is 5.11. The monoisotopic (exact) mass is 627 g/mol.